The Balaban J connectivity index is 2.05. The highest BCUT2D eigenvalue weighted by atomic mass is 32.1. The second-order valence-corrected chi connectivity index (χ2v) is 6.19. The van der Waals surface area contributed by atoms with Gasteiger partial charge in [-0.3, -0.25) is 19.4 Å². The summed E-state index contributed by atoms with van der Waals surface area (Å²) in [6.07, 6.45) is 2.81. The Morgan fingerprint density at radius 2 is 1.56 bits per heavy atom. The van der Waals surface area contributed by atoms with Gasteiger partial charge in [0.15, 0.2) is 4.77 Å². The fourth-order valence-corrected chi connectivity index (χ4v) is 3.33. The summed E-state index contributed by atoms with van der Waals surface area (Å²) in [5.41, 5.74) is -3.38. The number of aromatic amines is 2. The number of aromatic hydroxyl groups is 1. The van der Waals surface area contributed by atoms with Crippen LogP contribution in [0.15, 0.2) is 47.5 Å². The van der Waals surface area contributed by atoms with E-state index in [1.54, 1.807) is 18.2 Å². The van der Waals surface area contributed by atoms with Crippen LogP contribution in [0.5, 0.6) is 5.88 Å². The Hall–Kier alpha value is -3.66. The lowest BCUT2D eigenvalue weighted by molar-refractivity contribution is 0.0813. The van der Waals surface area contributed by atoms with E-state index in [1.807, 2.05) is 0 Å². The molecule has 0 spiro atoms. The molecule has 1 aliphatic rings. The van der Waals surface area contributed by atoms with Crippen LogP contribution in [-0.2, 0) is 5.54 Å². The van der Waals surface area contributed by atoms with Crippen molar-refractivity contribution >= 4 is 29.7 Å². The van der Waals surface area contributed by atoms with E-state index in [1.165, 1.54) is 24.5 Å². The summed E-state index contributed by atoms with van der Waals surface area (Å²) in [5, 5.41) is 13.0. The van der Waals surface area contributed by atoms with Gasteiger partial charge in [-0.2, -0.15) is 0 Å². The summed E-state index contributed by atoms with van der Waals surface area (Å²) in [7, 11) is 0. The minimum Gasteiger partial charge on any atom is -0.494 e. The van der Waals surface area contributed by atoms with Gasteiger partial charge in [0, 0.05) is 23.5 Å². The lowest BCUT2D eigenvalue weighted by Crippen LogP contribution is -2.50. The molecule has 1 aromatic carbocycles. The summed E-state index contributed by atoms with van der Waals surface area (Å²) in [4.78, 5) is 51.8. The Morgan fingerprint density at radius 3 is 2.11 bits per heavy atom. The number of Topliss-reactive ketones (excluding diaryl/α,β-unsaturated/α-hetero) is 2. The number of hydrogen-bond donors (Lipinski definition) is 4. The van der Waals surface area contributed by atoms with Crippen molar-refractivity contribution in [1.82, 2.24) is 19.9 Å². The number of aromatic nitrogens is 4. The van der Waals surface area contributed by atoms with Gasteiger partial charge in [0.2, 0.25) is 28.9 Å². The first-order valence-corrected chi connectivity index (χ1v) is 8.16. The molecule has 1 aliphatic carbocycles. The number of fused-ring (bicyclic) bond motifs is 1. The van der Waals surface area contributed by atoms with Crippen LogP contribution >= 0.6 is 12.2 Å². The van der Waals surface area contributed by atoms with E-state index < -0.39 is 34.1 Å². The molecule has 2 heterocycles. The van der Waals surface area contributed by atoms with Crippen molar-refractivity contribution in [3.8, 4) is 5.88 Å². The monoisotopic (exact) mass is 381 g/mol. The van der Waals surface area contributed by atoms with Gasteiger partial charge in [0.05, 0.1) is 0 Å². The second-order valence-electron chi connectivity index (χ2n) is 5.78. The molecule has 0 aliphatic heterocycles. The molecule has 0 amide bonds. The van der Waals surface area contributed by atoms with Crippen molar-refractivity contribution in [1.29, 1.82) is 0 Å². The minimum atomic E-state index is -2.23. The molecule has 27 heavy (non-hydrogen) atoms. The molecule has 0 unspecified atom stereocenters. The number of rotatable bonds is 3. The molecule has 0 radical (unpaired) electrons. The average molecular weight is 381 g/mol. The average Bonchev–Trinajstić information content (AvgIpc) is 2.85. The summed E-state index contributed by atoms with van der Waals surface area (Å²) >= 11 is 4.83. The molecular weight excluding hydrogens is 370 g/mol. The Bertz CT molecular complexity index is 1170. The van der Waals surface area contributed by atoms with Crippen molar-refractivity contribution in [3.05, 3.63) is 74.5 Å². The highest BCUT2D eigenvalue weighted by molar-refractivity contribution is 7.71. The molecule has 0 saturated heterocycles. The van der Waals surface area contributed by atoms with E-state index in [-0.39, 0.29) is 21.8 Å². The van der Waals surface area contributed by atoms with Crippen molar-refractivity contribution in [2.75, 3.05) is 5.32 Å². The van der Waals surface area contributed by atoms with Crippen LogP contribution in [-0.4, -0.2) is 36.6 Å². The predicted octanol–water partition coefficient (Wildman–Crippen LogP) is 1.31. The molecule has 4 rings (SSSR count). The molecular formula is C17H11N5O4S. The molecule has 9 nitrogen and oxygen atoms in total. The van der Waals surface area contributed by atoms with Gasteiger partial charge in [-0.15, -0.1) is 0 Å². The number of H-pyrrole nitrogens is 2. The van der Waals surface area contributed by atoms with Gasteiger partial charge < -0.3 is 15.4 Å². The predicted molar refractivity (Wildman–Crippen MR) is 96.3 cm³/mol. The van der Waals surface area contributed by atoms with Crippen LogP contribution in [0.3, 0.4) is 0 Å². The van der Waals surface area contributed by atoms with Gasteiger partial charge in [-0.1, -0.05) is 24.3 Å². The van der Waals surface area contributed by atoms with Crippen molar-refractivity contribution in [2.24, 2.45) is 0 Å². The van der Waals surface area contributed by atoms with E-state index in [0.717, 1.165) is 0 Å². The molecule has 2 aromatic heterocycles. The first-order valence-electron chi connectivity index (χ1n) is 7.75. The Morgan fingerprint density at radius 1 is 0.963 bits per heavy atom. The molecule has 3 aromatic rings. The van der Waals surface area contributed by atoms with E-state index in [0.29, 0.717) is 0 Å². The zero-order chi connectivity index (χ0) is 19.2. The third-order valence-corrected chi connectivity index (χ3v) is 4.46. The van der Waals surface area contributed by atoms with Crippen molar-refractivity contribution < 1.29 is 14.7 Å². The number of nitrogens with zero attached hydrogens (tertiary/aromatic N) is 2. The largest absolute Gasteiger partial charge is 0.494 e. The molecule has 0 fully saturated rings. The van der Waals surface area contributed by atoms with Gasteiger partial charge in [-0.05, 0) is 18.3 Å². The van der Waals surface area contributed by atoms with Crippen LogP contribution in [0.2, 0.25) is 0 Å². The topological polar surface area (TPSA) is 141 Å². The summed E-state index contributed by atoms with van der Waals surface area (Å²) in [6, 6.07) is 7.70. The first kappa shape index (κ1) is 16.8. The Labute approximate surface area is 156 Å². The normalized spacial score (nSPS) is 14.8. The zero-order valence-electron chi connectivity index (χ0n) is 13.5. The van der Waals surface area contributed by atoms with Gasteiger partial charge in [0.1, 0.15) is 5.56 Å². The third-order valence-electron chi connectivity index (χ3n) is 4.26. The van der Waals surface area contributed by atoms with E-state index in [9.17, 15) is 19.5 Å². The van der Waals surface area contributed by atoms with Gasteiger partial charge in [0.25, 0.3) is 5.56 Å². The number of benzene rings is 1. The van der Waals surface area contributed by atoms with Crippen LogP contribution < -0.4 is 10.9 Å². The van der Waals surface area contributed by atoms with Crippen molar-refractivity contribution in [2.45, 2.75) is 5.54 Å². The zero-order valence-corrected chi connectivity index (χ0v) is 14.3. The maximum atomic E-state index is 13.3. The van der Waals surface area contributed by atoms with E-state index in [2.05, 4.69) is 25.3 Å². The summed E-state index contributed by atoms with van der Waals surface area (Å²) < 4.78 is -0.150. The number of ketones is 2. The number of anilines is 1. The number of carbonyl (C=O) groups excluding carboxylic acids is 2. The highest BCUT2D eigenvalue weighted by Crippen LogP contribution is 2.40. The fraction of sp³-hybridized carbons (Fsp3) is 0.0588. The second kappa shape index (κ2) is 5.95. The lowest BCUT2D eigenvalue weighted by Gasteiger charge is -2.27. The molecule has 10 heteroatoms. The molecule has 0 atom stereocenters. The van der Waals surface area contributed by atoms with Crippen LogP contribution in [0.25, 0.3) is 0 Å². The number of hydrogen-bond acceptors (Lipinski definition) is 8. The van der Waals surface area contributed by atoms with E-state index >= 15 is 0 Å². The smallest absolute Gasteiger partial charge is 0.262 e. The maximum absolute atomic E-state index is 13.3. The quantitative estimate of drug-likeness (QED) is 0.393. The molecule has 0 bridgehead atoms. The lowest BCUT2D eigenvalue weighted by atomic mass is 9.86. The fourth-order valence-electron chi connectivity index (χ4n) is 3.14. The molecule has 134 valence electrons. The third kappa shape index (κ3) is 2.38. The van der Waals surface area contributed by atoms with Crippen LogP contribution in [0.4, 0.5) is 5.95 Å². The SMILES string of the molecule is O=C1c2ccccc2C(=O)C1(Nc1ncccn1)c1c(O)[nH]c(=S)[nH]c1=O. The van der Waals surface area contributed by atoms with Gasteiger partial charge in [-0.25, -0.2) is 9.97 Å². The highest BCUT2D eigenvalue weighted by Gasteiger charge is 2.58. The van der Waals surface area contributed by atoms with Crippen LogP contribution in [0, 0.1) is 4.77 Å². The summed E-state index contributed by atoms with van der Waals surface area (Å²) in [6.45, 7) is 0. The van der Waals surface area contributed by atoms with Gasteiger partial charge >= 0.3 is 0 Å². The summed E-state index contributed by atoms with van der Waals surface area (Å²) in [5.74, 6) is -2.17. The number of carbonyl (C=O) groups is 2. The first-order chi connectivity index (χ1) is 12.9. The standard InChI is InChI=1S/C17H11N5O4S/c23-11-8-4-1-2-5-9(8)12(24)17(11,22-15-18-6-3-7-19-15)10-13(25)20-16(27)21-14(10)26/h1-7H,(H,18,19,22)(H3,20,21,25,26,27). The van der Waals surface area contributed by atoms with Crippen LogP contribution in [0.1, 0.15) is 26.3 Å². The maximum Gasteiger partial charge on any atom is 0.262 e. The van der Waals surface area contributed by atoms with Crippen molar-refractivity contribution in [3.63, 3.8) is 0 Å². The Kier molecular flexibility index (Phi) is 3.70. The minimum absolute atomic E-state index is 0.0618. The number of nitrogens with one attached hydrogen (secondary N) is 3. The van der Waals surface area contributed by atoms with E-state index in [4.69, 9.17) is 12.2 Å². The molecule has 4 N–H and O–H groups in total. The molecule has 0 saturated carbocycles.